The van der Waals surface area contributed by atoms with E-state index in [2.05, 4.69) is 4.90 Å². The summed E-state index contributed by atoms with van der Waals surface area (Å²) in [5.41, 5.74) is 0.878. The zero-order valence-electron chi connectivity index (χ0n) is 15.2. The van der Waals surface area contributed by atoms with E-state index >= 15 is 0 Å². The number of amides is 1. The maximum absolute atomic E-state index is 12.5. The molecule has 2 heterocycles. The minimum absolute atomic E-state index is 0.0812. The molecular formula is C20H28N2O3. The van der Waals surface area contributed by atoms with Crippen molar-refractivity contribution in [2.24, 2.45) is 0 Å². The molecular weight excluding hydrogens is 316 g/mol. The van der Waals surface area contributed by atoms with E-state index in [1.165, 1.54) is 25.9 Å². The third-order valence-electron chi connectivity index (χ3n) is 5.28. The van der Waals surface area contributed by atoms with Gasteiger partial charge in [0.2, 0.25) is 5.91 Å². The summed E-state index contributed by atoms with van der Waals surface area (Å²) in [6, 6.07) is 6.26. The van der Waals surface area contributed by atoms with Crippen LogP contribution in [0.5, 0.6) is 11.5 Å². The quantitative estimate of drug-likeness (QED) is 0.771. The molecule has 25 heavy (non-hydrogen) atoms. The van der Waals surface area contributed by atoms with Gasteiger partial charge < -0.3 is 19.3 Å². The maximum Gasteiger partial charge on any atom is 0.246 e. The van der Waals surface area contributed by atoms with Crippen molar-refractivity contribution >= 4 is 12.0 Å². The first-order chi connectivity index (χ1) is 12.2. The van der Waals surface area contributed by atoms with Crippen molar-refractivity contribution in [3.05, 3.63) is 29.8 Å². The monoisotopic (exact) mass is 344 g/mol. The lowest BCUT2D eigenvalue weighted by Gasteiger charge is -2.36. The first-order valence-electron chi connectivity index (χ1n) is 9.14. The highest BCUT2D eigenvalue weighted by atomic mass is 16.5. The molecule has 3 rings (SSSR count). The van der Waals surface area contributed by atoms with Crippen LogP contribution in [0.25, 0.3) is 6.08 Å². The highest BCUT2D eigenvalue weighted by Gasteiger charge is 2.27. The molecule has 0 unspecified atom stereocenters. The second kappa shape index (κ2) is 8.39. The van der Waals surface area contributed by atoms with Crippen molar-refractivity contribution < 1.29 is 14.3 Å². The molecule has 0 N–H and O–H groups in total. The van der Waals surface area contributed by atoms with Crippen LogP contribution >= 0.6 is 0 Å². The number of methoxy groups -OCH3 is 2. The van der Waals surface area contributed by atoms with E-state index in [1.807, 2.05) is 29.2 Å². The highest BCUT2D eigenvalue weighted by Crippen LogP contribution is 2.26. The van der Waals surface area contributed by atoms with E-state index in [1.54, 1.807) is 20.3 Å². The summed E-state index contributed by atoms with van der Waals surface area (Å²) < 4.78 is 10.6. The molecule has 0 spiro atoms. The highest BCUT2D eigenvalue weighted by molar-refractivity contribution is 5.92. The van der Waals surface area contributed by atoms with Gasteiger partial charge in [0.15, 0.2) is 0 Å². The number of carbonyl (C=O) groups is 1. The molecule has 0 aromatic heterocycles. The first kappa shape index (κ1) is 17.8. The number of benzene rings is 1. The molecule has 5 heteroatoms. The van der Waals surface area contributed by atoms with Gasteiger partial charge in [-0.05, 0) is 57.0 Å². The molecule has 0 atom stereocenters. The van der Waals surface area contributed by atoms with Crippen molar-refractivity contribution in [2.75, 3.05) is 40.4 Å². The van der Waals surface area contributed by atoms with E-state index in [-0.39, 0.29) is 5.91 Å². The molecule has 2 aliphatic heterocycles. The van der Waals surface area contributed by atoms with E-state index in [0.717, 1.165) is 37.2 Å². The van der Waals surface area contributed by atoms with Crippen molar-refractivity contribution in [3.8, 4) is 11.5 Å². The summed E-state index contributed by atoms with van der Waals surface area (Å²) in [5.74, 6) is 1.53. The van der Waals surface area contributed by atoms with E-state index in [0.29, 0.717) is 11.8 Å². The number of nitrogens with zero attached hydrogens (tertiary/aromatic N) is 2. The summed E-state index contributed by atoms with van der Waals surface area (Å²) in [6.45, 7) is 4.17. The van der Waals surface area contributed by atoms with Crippen LogP contribution in [0, 0.1) is 0 Å². The number of ether oxygens (including phenoxy) is 2. The Bertz CT molecular complexity index is 615. The zero-order chi connectivity index (χ0) is 17.6. The molecule has 0 bridgehead atoms. The smallest absolute Gasteiger partial charge is 0.246 e. The number of piperidine rings is 1. The second-order valence-corrected chi connectivity index (χ2v) is 6.74. The fourth-order valence-corrected chi connectivity index (χ4v) is 3.78. The molecule has 1 amide bonds. The van der Waals surface area contributed by atoms with E-state index < -0.39 is 0 Å². The van der Waals surface area contributed by atoms with Gasteiger partial charge in [0.05, 0.1) is 14.2 Å². The lowest BCUT2D eigenvalue weighted by molar-refractivity contribution is -0.127. The molecule has 0 saturated carbocycles. The Kier molecular flexibility index (Phi) is 5.97. The third kappa shape index (κ3) is 4.34. The van der Waals surface area contributed by atoms with Gasteiger partial charge in [-0.2, -0.15) is 0 Å². The fourth-order valence-electron chi connectivity index (χ4n) is 3.78. The number of hydrogen-bond acceptors (Lipinski definition) is 4. The van der Waals surface area contributed by atoms with Gasteiger partial charge in [-0.3, -0.25) is 4.79 Å². The predicted molar refractivity (Wildman–Crippen MR) is 99.0 cm³/mol. The van der Waals surface area contributed by atoms with Crippen molar-refractivity contribution in [2.45, 2.75) is 31.7 Å². The lowest BCUT2D eigenvalue weighted by Crippen LogP contribution is -2.45. The summed E-state index contributed by atoms with van der Waals surface area (Å²) in [5, 5.41) is 0. The second-order valence-electron chi connectivity index (χ2n) is 6.74. The number of hydrogen-bond donors (Lipinski definition) is 0. The molecule has 0 aliphatic carbocycles. The molecule has 5 nitrogen and oxygen atoms in total. The molecule has 1 aromatic carbocycles. The van der Waals surface area contributed by atoms with E-state index in [9.17, 15) is 4.79 Å². The largest absolute Gasteiger partial charge is 0.497 e. The van der Waals surface area contributed by atoms with Gasteiger partial charge in [0, 0.05) is 36.8 Å². The van der Waals surface area contributed by atoms with Crippen LogP contribution in [0.2, 0.25) is 0 Å². The van der Waals surface area contributed by atoms with Crippen molar-refractivity contribution in [1.29, 1.82) is 0 Å². The minimum atomic E-state index is 0.0812. The summed E-state index contributed by atoms with van der Waals surface area (Å²) in [4.78, 5) is 17.0. The average Bonchev–Trinajstić information content (AvgIpc) is 3.20. The van der Waals surface area contributed by atoms with Gasteiger partial charge in [0.25, 0.3) is 0 Å². The molecule has 0 radical (unpaired) electrons. The van der Waals surface area contributed by atoms with Gasteiger partial charge >= 0.3 is 0 Å². The SMILES string of the molecule is COc1ccc(/C=C/C(=O)N2CCC(N3CCCC3)CC2)c(OC)c1. The fraction of sp³-hybridized carbons (Fsp3) is 0.550. The summed E-state index contributed by atoms with van der Waals surface area (Å²) in [7, 11) is 3.25. The number of carbonyl (C=O) groups excluding carboxylic acids is 1. The van der Waals surface area contributed by atoms with Gasteiger partial charge in [-0.1, -0.05) is 0 Å². The Hall–Kier alpha value is -2.01. The predicted octanol–water partition coefficient (Wildman–Crippen LogP) is 2.80. The van der Waals surface area contributed by atoms with Crippen LogP contribution in [0.3, 0.4) is 0 Å². The molecule has 2 saturated heterocycles. The molecule has 2 aliphatic rings. The maximum atomic E-state index is 12.5. The van der Waals surface area contributed by atoms with Crippen LogP contribution in [0.4, 0.5) is 0 Å². The summed E-state index contributed by atoms with van der Waals surface area (Å²) in [6.07, 6.45) is 8.31. The van der Waals surface area contributed by atoms with E-state index in [4.69, 9.17) is 9.47 Å². The van der Waals surface area contributed by atoms with Crippen LogP contribution < -0.4 is 9.47 Å². The number of likely N-dealkylation sites (tertiary alicyclic amines) is 2. The Morgan fingerprint density at radius 2 is 1.80 bits per heavy atom. The van der Waals surface area contributed by atoms with Crippen LogP contribution in [-0.2, 0) is 4.79 Å². The van der Waals surface area contributed by atoms with Gasteiger partial charge in [0.1, 0.15) is 11.5 Å². The number of rotatable bonds is 5. The topological polar surface area (TPSA) is 42.0 Å². The van der Waals surface area contributed by atoms with Gasteiger partial charge in [-0.25, -0.2) is 0 Å². The Labute approximate surface area is 150 Å². The van der Waals surface area contributed by atoms with Crippen LogP contribution in [-0.4, -0.2) is 62.1 Å². The molecule has 2 fully saturated rings. The Morgan fingerprint density at radius 3 is 2.44 bits per heavy atom. The lowest BCUT2D eigenvalue weighted by atomic mass is 10.0. The van der Waals surface area contributed by atoms with Crippen LogP contribution in [0.15, 0.2) is 24.3 Å². The Morgan fingerprint density at radius 1 is 1.08 bits per heavy atom. The zero-order valence-corrected chi connectivity index (χ0v) is 15.2. The minimum Gasteiger partial charge on any atom is -0.497 e. The van der Waals surface area contributed by atoms with Crippen LogP contribution in [0.1, 0.15) is 31.2 Å². The molecule has 1 aromatic rings. The third-order valence-corrected chi connectivity index (χ3v) is 5.28. The van der Waals surface area contributed by atoms with Crippen molar-refractivity contribution in [3.63, 3.8) is 0 Å². The summed E-state index contributed by atoms with van der Waals surface area (Å²) >= 11 is 0. The normalized spacial score (nSPS) is 19.5. The van der Waals surface area contributed by atoms with Crippen molar-refractivity contribution in [1.82, 2.24) is 9.80 Å². The van der Waals surface area contributed by atoms with Gasteiger partial charge in [-0.15, -0.1) is 0 Å². The average molecular weight is 344 g/mol. The Balaban J connectivity index is 1.56. The molecule has 136 valence electrons. The standard InChI is InChI=1S/C20H28N2O3/c1-24-18-7-5-16(19(15-18)25-2)6-8-20(23)22-13-9-17(10-14-22)21-11-3-4-12-21/h5-8,15,17H,3-4,9-14H2,1-2H3/b8-6+. The first-order valence-corrected chi connectivity index (χ1v) is 9.14.